The van der Waals surface area contributed by atoms with Crippen LogP contribution in [0.1, 0.15) is 18.1 Å². The largest absolute Gasteiger partial charge is 0.496 e. The number of anilines is 1. The van der Waals surface area contributed by atoms with Gasteiger partial charge in [0.15, 0.2) is 0 Å². The summed E-state index contributed by atoms with van der Waals surface area (Å²) in [6, 6.07) is 13.3. The first kappa shape index (κ1) is 21.2. The highest BCUT2D eigenvalue weighted by Crippen LogP contribution is 2.42. The zero-order valence-electron chi connectivity index (χ0n) is 18.4. The smallest absolute Gasteiger partial charge is 0.248 e. The number of nitrogens with one attached hydrogen (secondary N) is 1. The summed E-state index contributed by atoms with van der Waals surface area (Å²) in [4.78, 5) is 16.6. The summed E-state index contributed by atoms with van der Waals surface area (Å²) in [6.07, 6.45) is 6.54. The number of aromatic nitrogens is 1. The highest BCUT2D eigenvalue weighted by Gasteiger charge is 2.20. The lowest BCUT2D eigenvalue weighted by atomic mass is 9.96. The van der Waals surface area contributed by atoms with Gasteiger partial charge in [-0.05, 0) is 43.7 Å². The van der Waals surface area contributed by atoms with E-state index in [9.17, 15) is 4.79 Å². The van der Waals surface area contributed by atoms with E-state index in [1.54, 1.807) is 51.1 Å². The molecule has 2 heterocycles. The summed E-state index contributed by atoms with van der Waals surface area (Å²) in [5.41, 5.74) is 5.66. The number of aryl methyl sites for hydroxylation is 1. The number of nitrogens with zero attached hydrogens (tertiary/aromatic N) is 1. The number of hydrogen-bond donors (Lipinski definition) is 1. The van der Waals surface area contributed by atoms with Gasteiger partial charge in [0.2, 0.25) is 5.91 Å². The number of carbonyl (C=O) groups excluding carboxylic acids is 1. The van der Waals surface area contributed by atoms with E-state index in [4.69, 9.17) is 13.9 Å². The van der Waals surface area contributed by atoms with E-state index >= 15 is 0 Å². The average molecular weight is 428 g/mol. The van der Waals surface area contributed by atoms with Gasteiger partial charge >= 0.3 is 0 Å². The van der Waals surface area contributed by atoms with Crippen molar-refractivity contribution in [2.24, 2.45) is 0 Å². The molecule has 0 bridgehead atoms. The molecule has 6 heteroatoms. The van der Waals surface area contributed by atoms with Gasteiger partial charge in [0.1, 0.15) is 17.1 Å². The molecule has 0 saturated heterocycles. The molecule has 162 valence electrons. The van der Waals surface area contributed by atoms with Crippen molar-refractivity contribution in [3.8, 4) is 22.6 Å². The lowest BCUT2D eigenvalue weighted by molar-refractivity contribution is -0.111. The Morgan fingerprint density at radius 3 is 2.62 bits per heavy atom. The maximum absolute atomic E-state index is 12.6. The molecule has 4 aromatic rings. The third-order valence-electron chi connectivity index (χ3n) is 5.35. The molecule has 0 fully saturated rings. The first-order valence-electron chi connectivity index (χ1n) is 10.1. The molecule has 0 atom stereocenters. The Morgan fingerprint density at radius 1 is 1.09 bits per heavy atom. The van der Waals surface area contributed by atoms with Crippen molar-refractivity contribution in [2.45, 2.75) is 13.8 Å². The lowest BCUT2D eigenvalue weighted by Crippen LogP contribution is -2.08. The third-order valence-corrected chi connectivity index (χ3v) is 5.35. The van der Waals surface area contributed by atoms with Gasteiger partial charge in [-0.2, -0.15) is 0 Å². The van der Waals surface area contributed by atoms with Crippen LogP contribution in [0.15, 0.2) is 71.6 Å². The quantitative estimate of drug-likeness (QED) is 0.389. The maximum Gasteiger partial charge on any atom is 0.248 e. The van der Waals surface area contributed by atoms with E-state index in [0.29, 0.717) is 11.4 Å². The number of furan rings is 1. The Labute approximate surface area is 186 Å². The number of benzene rings is 2. The van der Waals surface area contributed by atoms with Crippen LogP contribution in [0.2, 0.25) is 0 Å². The number of ether oxygens (including phenoxy) is 2. The molecule has 0 unspecified atom stereocenters. The summed E-state index contributed by atoms with van der Waals surface area (Å²) >= 11 is 0. The molecular formula is C26H24N2O4. The van der Waals surface area contributed by atoms with E-state index in [0.717, 1.165) is 44.5 Å². The van der Waals surface area contributed by atoms with Gasteiger partial charge in [-0.1, -0.05) is 18.2 Å². The number of allylic oxidation sites excluding steroid dienone is 1. The molecule has 2 aromatic heterocycles. The predicted octanol–water partition coefficient (Wildman–Crippen LogP) is 5.86. The van der Waals surface area contributed by atoms with Crippen molar-refractivity contribution in [2.75, 3.05) is 19.5 Å². The number of para-hydroxylation sites is 1. The highest BCUT2D eigenvalue weighted by molar-refractivity contribution is 6.06. The van der Waals surface area contributed by atoms with E-state index in [1.807, 2.05) is 44.2 Å². The summed E-state index contributed by atoms with van der Waals surface area (Å²) in [5, 5.41) is 3.75. The topological polar surface area (TPSA) is 73.6 Å². The van der Waals surface area contributed by atoms with Crippen LogP contribution in [-0.2, 0) is 4.79 Å². The number of fused-ring (bicyclic) bond motifs is 1. The van der Waals surface area contributed by atoms with Crippen LogP contribution in [-0.4, -0.2) is 25.1 Å². The summed E-state index contributed by atoms with van der Waals surface area (Å²) in [5.74, 6) is 1.18. The van der Waals surface area contributed by atoms with Crippen molar-refractivity contribution in [1.29, 1.82) is 0 Å². The Balaban J connectivity index is 1.81. The Bertz CT molecular complexity index is 1310. The fourth-order valence-electron chi connectivity index (χ4n) is 3.84. The molecule has 2 aromatic carbocycles. The van der Waals surface area contributed by atoms with Crippen molar-refractivity contribution in [3.63, 3.8) is 0 Å². The van der Waals surface area contributed by atoms with Crippen molar-refractivity contribution >= 4 is 28.1 Å². The van der Waals surface area contributed by atoms with Gasteiger partial charge in [0.25, 0.3) is 0 Å². The SMILES string of the molecule is COc1ccccc1-c1coc2c(C)c(OC)c(/C(C)=C/C(=O)Nc3cccnc3)cc12. The minimum atomic E-state index is -0.243. The minimum Gasteiger partial charge on any atom is -0.496 e. The van der Waals surface area contributed by atoms with Crippen molar-refractivity contribution in [3.05, 3.63) is 78.3 Å². The van der Waals surface area contributed by atoms with Gasteiger partial charge in [-0.3, -0.25) is 9.78 Å². The number of methoxy groups -OCH3 is 2. The molecule has 0 radical (unpaired) electrons. The molecular weight excluding hydrogens is 404 g/mol. The molecule has 1 amide bonds. The molecule has 0 aliphatic carbocycles. The molecule has 0 spiro atoms. The first-order chi connectivity index (χ1) is 15.5. The van der Waals surface area contributed by atoms with Gasteiger partial charge in [-0.15, -0.1) is 0 Å². The van der Waals surface area contributed by atoms with Crippen LogP contribution >= 0.6 is 0 Å². The van der Waals surface area contributed by atoms with Crippen LogP contribution < -0.4 is 14.8 Å². The number of hydrogen-bond acceptors (Lipinski definition) is 5. The molecule has 1 N–H and O–H groups in total. The summed E-state index contributed by atoms with van der Waals surface area (Å²) in [7, 11) is 3.26. The number of rotatable bonds is 6. The Kier molecular flexibility index (Phi) is 5.94. The van der Waals surface area contributed by atoms with Gasteiger partial charge in [-0.25, -0.2) is 0 Å². The standard InChI is InChI=1S/C26H24N2O4/c1-16(12-24(29)28-18-8-7-11-27-14-18)20-13-21-22(19-9-5-6-10-23(19)30-3)15-32-26(21)17(2)25(20)31-4/h5-15H,1-4H3,(H,28,29)/b16-12+. The monoisotopic (exact) mass is 428 g/mol. The highest BCUT2D eigenvalue weighted by atomic mass is 16.5. The van der Waals surface area contributed by atoms with Gasteiger partial charge in [0, 0.05) is 39.9 Å². The Morgan fingerprint density at radius 2 is 1.91 bits per heavy atom. The van der Waals surface area contributed by atoms with Crippen LogP contribution in [0.5, 0.6) is 11.5 Å². The summed E-state index contributed by atoms with van der Waals surface area (Å²) < 4.78 is 17.2. The predicted molar refractivity (Wildman–Crippen MR) is 126 cm³/mol. The molecule has 0 aliphatic heterocycles. The van der Waals surface area contributed by atoms with Crippen LogP contribution in [0.4, 0.5) is 5.69 Å². The fourth-order valence-corrected chi connectivity index (χ4v) is 3.84. The molecule has 0 aliphatic rings. The van der Waals surface area contributed by atoms with Gasteiger partial charge < -0.3 is 19.2 Å². The van der Waals surface area contributed by atoms with Crippen LogP contribution in [0.25, 0.3) is 27.7 Å². The first-order valence-corrected chi connectivity index (χ1v) is 10.1. The zero-order chi connectivity index (χ0) is 22.7. The van der Waals surface area contributed by atoms with Crippen LogP contribution in [0.3, 0.4) is 0 Å². The van der Waals surface area contributed by atoms with E-state index in [2.05, 4.69) is 10.3 Å². The zero-order valence-corrected chi connectivity index (χ0v) is 18.4. The second kappa shape index (κ2) is 8.98. The van der Waals surface area contributed by atoms with E-state index in [-0.39, 0.29) is 5.91 Å². The minimum absolute atomic E-state index is 0.243. The van der Waals surface area contributed by atoms with Crippen molar-refractivity contribution in [1.82, 2.24) is 4.98 Å². The second-order valence-electron chi connectivity index (χ2n) is 7.37. The Hall–Kier alpha value is -4.06. The molecule has 6 nitrogen and oxygen atoms in total. The van der Waals surface area contributed by atoms with E-state index < -0.39 is 0 Å². The van der Waals surface area contributed by atoms with Gasteiger partial charge in [0.05, 0.1) is 32.4 Å². The average Bonchev–Trinajstić information content (AvgIpc) is 3.23. The number of pyridine rings is 1. The van der Waals surface area contributed by atoms with Crippen LogP contribution in [0, 0.1) is 6.92 Å². The summed E-state index contributed by atoms with van der Waals surface area (Å²) in [6.45, 7) is 3.83. The third kappa shape index (κ3) is 3.95. The lowest BCUT2D eigenvalue weighted by Gasteiger charge is -2.14. The normalized spacial score (nSPS) is 11.4. The molecule has 32 heavy (non-hydrogen) atoms. The maximum atomic E-state index is 12.6. The molecule has 0 saturated carbocycles. The van der Waals surface area contributed by atoms with E-state index in [1.165, 1.54) is 0 Å². The number of amides is 1. The fraction of sp³-hybridized carbons (Fsp3) is 0.154. The number of carbonyl (C=O) groups is 1. The molecule has 4 rings (SSSR count). The second-order valence-corrected chi connectivity index (χ2v) is 7.37. The van der Waals surface area contributed by atoms with Crippen molar-refractivity contribution < 1.29 is 18.7 Å².